The minimum atomic E-state index is -4.62. The summed E-state index contributed by atoms with van der Waals surface area (Å²) >= 11 is 5.72. The van der Waals surface area contributed by atoms with Gasteiger partial charge in [-0.3, -0.25) is 9.59 Å². The monoisotopic (exact) mass is 432 g/mol. The Labute approximate surface area is 168 Å². The first-order chi connectivity index (χ1) is 13.6. The van der Waals surface area contributed by atoms with Gasteiger partial charge in [0.15, 0.2) is 0 Å². The van der Waals surface area contributed by atoms with Crippen molar-refractivity contribution < 1.29 is 32.3 Å². The number of hydrogen-bond donors (Lipinski definition) is 2. The largest absolute Gasteiger partial charge is 0.416 e. The van der Waals surface area contributed by atoms with Crippen molar-refractivity contribution in [3.8, 4) is 0 Å². The second-order valence-corrected chi connectivity index (χ2v) is 6.48. The Kier molecular flexibility index (Phi) is 7.58. The second-order valence-electron chi connectivity index (χ2n) is 6.04. The molecule has 0 saturated heterocycles. The van der Waals surface area contributed by atoms with Gasteiger partial charge in [-0.15, -0.1) is 0 Å². The molecule has 0 atom stereocenters. The van der Waals surface area contributed by atoms with Gasteiger partial charge in [0.05, 0.1) is 5.56 Å². The lowest BCUT2D eigenvalue weighted by atomic mass is 10.1. The third kappa shape index (κ3) is 6.43. The lowest BCUT2D eigenvalue weighted by molar-refractivity contribution is -0.138. The van der Waals surface area contributed by atoms with Crippen molar-refractivity contribution >= 4 is 29.1 Å². The summed E-state index contributed by atoms with van der Waals surface area (Å²) in [6.45, 7) is -0.708. The van der Waals surface area contributed by atoms with Crippen molar-refractivity contribution in [2.24, 2.45) is 0 Å². The molecule has 5 nitrogen and oxygen atoms in total. The van der Waals surface area contributed by atoms with Gasteiger partial charge in [0, 0.05) is 30.4 Å². The van der Waals surface area contributed by atoms with Crippen molar-refractivity contribution in [3.63, 3.8) is 0 Å². The van der Waals surface area contributed by atoms with E-state index >= 15 is 0 Å². The highest BCUT2D eigenvalue weighted by Gasteiger charge is 2.32. The van der Waals surface area contributed by atoms with Gasteiger partial charge in [0.2, 0.25) is 0 Å². The zero-order chi connectivity index (χ0) is 21.6. The Morgan fingerprint density at radius 2 is 1.86 bits per heavy atom. The fraction of sp³-hybridized carbons (Fsp3) is 0.263. The molecule has 0 unspecified atom stereocenters. The minimum absolute atomic E-state index is 0.0504. The molecule has 0 aliphatic heterocycles. The van der Waals surface area contributed by atoms with Crippen LogP contribution in [-0.4, -0.2) is 30.1 Å². The lowest BCUT2D eigenvalue weighted by Gasteiger charge is -2.23. The maximum absolute atomic E-state index is 13.3. The molecular weight excluding hydrogens is 416 g/mol. The zero-order valence-corrected chi connectivity index (χ0v) is 15.7. The van der Waals surface area contributed by atoms with Gasteiger partial charge in [-0.2, -0.15) is 13.2 Å². The summed E-state index contributed by atoms with van der Waals surface area (Å²) < 4.78 is 52.2. The van der Waals surface area contributed by atoms with E-state index in [0.717, 1.165) is 35.2 Å². The molecule has 0 spiro atoms. The molecule has 2 N–H and O–H groups in total. The first kappa shape index (κ1) is 22.6. The molecule has 2 rings (SSSR count). The van der Waals surface area contributed by atoms with Crippen LogP contribution < -0.4 is 10.2 Å². The highest BCUT2D eigenvalue weighted by molar-refractivity contribution is 6.40. The molecule has 2 aromatic carbocycles. The van der Waals surface area contributed by atoms with E-state index in [2.05, 4.69) is 5.32 Å². The number of halogens is 5. The summed E-state index contributed by atoms with van der Waals surface area (Å²) in [5.41, 5.74) is -0.814. The topological polar surface area (TPSA) is 69.6 Å². The first-order valence-corrected chi connectivity index (χ1v) is 8.82. The normalized spacial score (nSPS) is 11.2. The molecule has 0 aromatic heterocycles. The number of nitrogens with one attached hydrogen (secondary N) is 1. The van der Waals surface area contributed by atoms with Gasteiger partial charge in [0.1, 0.15) is 5.82 Å². The maximum Gasteiger partial charge on any atom is 0.416 e. The molecule has 2 amide bonds. The Morgan fingerprint density at radius 3 is 2.48 bits per heavy atom. The molecule has 29 heavy (non-hydrogen) atoms. The molecule has 10 heteroatoms. The van der Waals surface area contributed by atoms with Crippen LogP contribution in [0.15, 0.2) is 42.5 Å². The van der Waals surface area contributed by atoms with Gasteiger partial charge in [0.25, 0.3) is 0 Å². The average molecular weight is 433 g/mol. The van der Waals surface area contributed by atoms with Gasteiger partial charge in [-0.05, 0) is 48.4 Å². The van der Waals surface area contributed by atoms with Crippen molar-refractivity contribution in [1.82, 2.24) is 5.32 Å². The maximum atomic E-state index is 13.3. The fourth-order valence-corrected chi connectivity index (χ4v) is 2.76. The van der Waals surface area contributed by atoms with E-state index in [1.165, 1.54) is 12.1 Å². The Hall–Kier alpha value is -2.65. The Morgan fingerprint density at radius 1 is 1.14 bits per heavy atom. The Balaban J connectivity index is 2.18. The van der Waals surface area contributed by atoms with Crippen LogP contribution in [0.1, 0.15) is 17.5 Å². The minimum Gasteiger partial charge on any atom is -0.396 e. The summed E-state index contributed by atoms with van der Waals surface area (Å²) in [4.78, 5) is 25.6. The fourth-order valence-electron chi connectivity index (χ4n) is 2.52. The van der Waals surface area contributed by atoms with E-state index in [9.17, 15) is 27.2 Å². The molecule has 156 valence electrons. The van der Waals surface area contributed by atoms with Crippen molar-refractivity contribution in [2.45, 2.75) is 19.1 Å². The van der Waals surface area contributed by atoms with Crippen molar-refractivity contribution in [3.05, 3.63) is 64.4 Å². The number of amides is 2. The van der Waals surface area contributed by atoms with Crippen LogP contribution in [0.3, 0.4) is 0 Å². The number of rotatable bonds is 6. The summed E-state index contributed by atoms with van der Waals surface area (Å²) in [6, 6.07) is 7.54. The number of carbonyl (C=O) groups excluding carboxylic acids is 2. The predicted octanol–water partition coefficient (Wildman–Crippen LogP) is 3.53. The standard InChI is InChI=1S/C19H17ClF4N2O3/c20-14-7-12(8-15(21)10-14)11-25-17(28)18(29)26(5-2-6-27)16-4-1-3-13(9-16)19(22,23)24/h1,3-4,7-10,27H,2,5-6,11H2,(H,25,28). The van der Waals surface area contributed by atoms with Crippen LogP contribution in [0.2, 0.25) is 5.02 Å². The van der Waals surface area contributed by atoms with Crippen molar-refractivity contribution in [2.75, 3.05) is 18.1 Å². The number of benzene rings is 2. The number of nitrogens with zero attached hydrogens (tertiary/aromatic N) is 1. The first-order valence-electron chi connectivity index (χ1n) is 8.44. The summed E-state index contributed by atoms with van der Waals surface area (Å²) in [6.07, 6.45) is -4.57. The van der Waals surface area contributed by atoms with E-state index in [4.69, 9.17) is 16.7 Å². The van der Waals surface area contributed by atoms with Gasteiger partial charge >= 0.3 is 18.0 Å². The molecule has 2 aromatic rings. The average Bonchev–Trinajstić information content (AvgIpc) is 2.65. The van der Waals surface area contributed by atoms with E-state index in [1.807, 2.05) is 0 Å². The zero-order valence-electron chi connectivity index (χ0n) is 15.0. The number of anilines is 1. The number of hydrogen-bond acceptors (Lipinski definition) is 3. The predicted molar refractivity (Wildman–Crippen MR) is 98.8 cm³/mol. The molecule has 0 heterocycles. The smallest absolute Gasteiger partial charge is 0.396 e. The molecule has 0 aliphatic carbocycles. The summed E-state index contributed by atoms with van der Waals surface area (Å²) in [5.74, 6) is -2.83. The second kappa shape index (κ2) is 9.71. The van der Waals surface area contributed by atoms with E-state index < -0.39 is 29.4 Å². The molecule has 0 fully saturated rings. The number of aliphatic hydroxyl groups excluding tert-OH is 1. The quantitative estimate of drug-likeness (QED) is 0.542. The molecule has 0 radical (unpaired) electrons. The van der Waals surface area contributed by atoms with E-state index in [-0.39, 0.29) is 36.8 Å². The van der Waals surface area contributed by atoms with Crippen LogP contribution in [0, 0.1) is 5.82 Å². The van der Waals surface area contributed by atoms with Gasteiger partial charge < -0.3 is 15.3 Å². The van der Waals surface area contributed by atoms with Crippen LogP contribution >= 0.6 is 11.6 Å². The van der Waals surface area contributed by atoms with Crippen molar-refractivity contribution in [1.29, 1.82) is 0 Å². The summed E-state index contributed by atoms with van der Waals surface area (Å²) in [7, 11) is 0. The van der Waals surface area contributed by atoms with E-state index in [1.54, 1.807) is 0 Å². The van der Waals surface area contributed by atoms with E-state index in [0.29, 0.717) is 5.56 Å². The number of carbonyl (C=O) groups is 2. The third-order valence-electron chi connectivity index (χ3n) is 3.84. The van der Waals surface area contributed by atoms with Crippen LogP contribution in [0.25, 0.3) is 0 Å². The SMILES string of the molecule is O=C(NCc1cc(F)cc(Cl)c1)C(=O)N(CCCO)c1cccc(C(F)(F)F)c1. The Bertz CT molecular complexity index is 870. The van der Waals surface area contributed by atoms with Gasteiger partial charge in [-0.25, -0.2) is 4.39 Å². The number of alkyl halides is 3. The van der Waals surface area contributed by atoms with Crippen LogP contribution in [0.5, 0.6) is 0 Å². The number of aliphatic hydroxyl groups is 1. The third-order valence-corrected chi connectivity index (χ3v) is 4.06. The lowest BCUT2D eigenvalue weighted by Crippen LogP contribution is -2.43. The summed E-state index contributed by atoms with van der Waals surface area (Å²) in [5, 5.41) is 11.4. The molecular formula is C19H17ClF4N2O3. The molecule has 0 saturated carbocycles. The highest BCUT2D eigenvalue weighted by Crippen LogP contribution is 2.31. The van der Waals surface area contributed by atoms with Crippen LogP contribution in [-0.2, 0) is 22.3 Å². The highest BCUT2D eigenvalue weighted by atomic mass is 35.5. The van der Waals surface area contributed by atoms with Gasteiger partial charge in [-0.1, -0.05) is 17.7 Å². The molecule has 0 aliphatic rings. The van der Waals surface area contributed by atoms with Crippen LogP contribution in [0.4, 0.5) is 23.2 Å². The molecule has 0 bridgehead atoms.